The van der Waals surface area contributed by atoms with Crippen molar-refractivity contribution < 1.29 is 4.79 Å². The number of carbonyl (C=O) groups excluding carboxylic acids is 1. The van der Waals surface area contributed by atoms with Gasteiger partial charge in [-0.2, -0.15) is 0 Å². The van der Waals surface area contributed by atoms with Gasteiger partial charge in [0, 0.05) is 25.2 Å². The molecule has 1 heterocycles. The quantitative estimate of drug-likeness (QED) is 0.598. The van der Waals surface area contributed by atoms with Gasteiger partial charge in [0.2, 0.25) is 6.41 Å². The van der Waals surface area contributed by atoms with E-state index < -0.39 is 0 Å². The van der Waals surface area contributed by atoms with E-state index in [0.717, 1.165) is 25.5 Å². The molecule has 13 heavy (non-hydrogen) atoms. The average molecular weight is 182 g/mol. The van der Waals surface area contributed by atoms with Crippen molar-refractivity contribution in [1.82, 2.24) is 9.80 Å². The lowest BCUT2D eigenvalue weighted by Crippen LogP contribution is -2.38. The predicted octanol–water partition coefficient (Wildman–Crippen LogP) is 0.701. The van der Waals surface area contributed by atoms with E-state index >= 15 is 0 Å². The van der Waals surface area contributed by atoms with Gasteiger partial charge in [-0.05, 0) is 32.7 Å². The Hall–Kier alpha value is -0.570. The van der Waals surface area contributed by atoms with E-state index in [1.807, 2.05) is 4.90 Å². The predicted molar refractivity (Wildman–Crippen MR) is 51.4 cm³/mol. The Morgan fingerprint density at radius 1 is 1.46 bits per heavy atom. The monoisotopic (exact) mass is 182 g/mol. The van der Waals surface area contributed by atoms with Gasteiger partial charge in [0.15, 0.2) is 0 Å². The molecule has 1 aliphatic heterocycles. The van der Waals surface area contributed by atoms with E-state index in [2.05, 4.69) is 11.9 Å². The van der Waals surface area contributed by atoms with E-state index in [4.69, 9.17) is 0 Å². The molecule has 0 unspecified atom stereocenters. The Labute approximate surface area is 79.7 Å². The summed E-state index contributed by atoms with van der Waals surface area (Å²) in [5.41, 5.74) is 0. The minimum absolute atomic E-state index is 0.489. The summed E-state index contributed by atoms with van der Waals surface area (Å²) in [6.45, 7) is 2.04. The number of nitrogens with zero attached hydrogens (tertiary/aromatic N) is 2. The lowest BCUT2D eigenvalue weighted by Gasteiger charge is -2.25. The third kappa shape index (κ3) is 2.02. The first-order valence-electron chi connectivity index (χ1n) is 5.22. The number of likely N-dealkylation sites (tertiary alicyclic amines) is 1. The molecule has 1 amide bonds. The van der Waals surface area contributed by atoms with Gasteiger partial charge in [-0.25, -0.2) is 0 Å². The van der Waals surface area contributed by atoms with E-state index in [0.29, 0.717) is 6.04 Å². The van der Waals surface area contributed by atoms with Crippen molar-refractivity contribution in [1.29, 1.82) is 0 Å². The van der Waals surface area contributed by atoms with Crippen molar-refractivity contribution in [3.8, 4) is 0 Å². The summed E-state index contributed by atoms with van der Waals surface area (Å²) in [4.78, 5) is 15.1. The third-order valence-corrected chi connectivity index (χ3v) is 3.23. The fourth-order valence-corrected chi connectivity index (χ4v) is 2.19. The highest BCUT2D eigenvalue weighted by Crippen LogP contribution is 2.27. The lowest BCUT2D eigenvalue weighted by molar-refractivity contribution is -0.119. The Morgan fingerprint density at radius 3 is 2.85 bits per heavy atom. The Bertz CT molecular complexity index is 191. The Morgan fingerprint density at radius 2 is 2.23 bits per heavy atom. The van der Waals surface area contributed by atoms with Gasteiger partial charge in [0.1, 0.15) is 0 Å². The molecule has 3 heteroatoms. The van der Waals surface area contributed by atoms with Crippen molar-refractivity contribution in [3.63, 3.8) is 0 Å². The maximum atomic E-state index is 10.7. The van der Waals surface area contributed by atoms with Crippen LogP contribution in [0.2, 0.25) is 0 Å². The van der Waals surface area contributed by atoms with Crippen molar-refractivity contribution in [2.45, 2.75) is 37.8 Å². The molecule has 2 rings (SSSR count). The highest BCUT2D eigenvalue weighted by atomic mass is 16.1. The fraction of sp³-hybridized carbons (Fsp3) is 0.900. The van der Waals surface area contributed by atoms with Gasteiger partial charge < -0.3 is 9.80 Å². The van der Waals surface area contributed by atoms with Crippen LogP contribution in [0.3, 0.4) is 0 Å². The summed E-state index contributed by atoms with van der Waals surface area (Å²) in [5, 5.41) is 0. The molecule has 2 aliphatic rings. The topological polar surface area (TPSA) is 23.6 Å². The minimum atomic E-state index is 0.489. The van der Waals surface area contributed by atoms with Crippen molar-refractivity contribution in [2.24, 2.45) is 0 Å². The van der Waals surface area contributed by atoms with Gasteiger partial charge >= 0.3 is 0 Å². The number of carbonyl (C=O) groups is 1. The standard InChI is InChI=1S/C10H18N2O/c1-11(9-4-5-9)7-10-3-2-6-12(10)8-13/h8-10H,2-7H2,1H3/t10-/m1/s1. The summed E-state index contributed by atoms with van der Waals surface area (Å²) in [6.07, 6.45) is 6.09. The molecule has 0 aromatic heterocycles. The van der Waals surface area contributed by atoms with Crippen LogP contribution in [-0.4, -0.2) is 48.4 Å². The summed E-state index contributed by atoms with van der Waals surface area (Å²) >= 11 is 0. The van der Waals surface area contributed by atoms with Crippen LogP contribution in [0.1, 0.15) is 25.7 Å². The van der Waals surface area contributed by atoms with Crippen molar-refractivity contribution >= 4 is 6.41 Å². The maximum absolute atomic E-state index is 10.7. The Kier molecular flexibility index (Phi) is 2.54. The van der Waals surface area contributed by atoms with Crippen LogP contribution in [0.5, 0.6) is 0 Å². The Balaban J connectivity index is 1.81. The molecule has 1 saturated carbocycles. The van der Waals surface area contributed by atoms with Crippen molar-refractivity contribution in [3.05, 3.63) is 0 Å². The molecular weight excluding hydrogens is 164 g/mol. The van der Waals surface area contributed by atoms with E-state index in [9.17, 15) is 4.79 Å². The molecular formula is C10H18N2O. The molecule has 3 nitrogen and oxygen atoms in total. The van der Waals surface area contributed by atoms with Crippen LogP contribution in [0.25, 0.3) is 0 Å². The van der Waals surface area contributed by atoms with E-state index in [1.54, 1.807) is 0 Å². The highest BCUT2D eigenvalue weighted by molar-refractivity contribution is 5.48. The highest BCUT2D eigenvalue weighted by Gasteiger charge is 2.30. The van der Waals surface area contributed by atoms with Crippen LogP contribution < -0.4 is 0 Å². The van der Waals surface area contributed by atoms with Gasteiger partial charge in [0.25, 0.3) is 0 Å². The molecule has 0 spiro atoms. The molecule has 0 N–H and O–H groups in total. The molecule has 1 atom stereocenters. The summed E-state index contributed by atoms with van der Waals surface area (Å²) in [5.74, 6) is 0. The number of likely N-dealkylation sites (N-methyl/N-ethyl adjacent to an activating group) is 1. The first-order chi connectivity index (χ1) is 6.31. The molecule has 2 fully saturated rings. The van der Waals surface area contributed by atoms with Gasteiger partial charge in [-0.1, -0.05) is 0 Å². The molecule has 0 aromatic carbocycles. The zero-order chi connectivity index (χ0) is 9.26. The molecule has 0 radical (unpaired) electrons. The first-order valence-corrected chi connectivity index (χ1v) is 5.22. The molecule has 0 aromatic rings. The molecule has 1 saturated heterocycles. The van der Waals surface area contributed by atoms with Crippen LogP contribution in [0.4, 0.5) is 0 Å². The second-order valence-electron chi connectivity index (χ2n) is 4.31. The van der Waals surface area contributed by atoms with Gasteiger partial charge in [-0.3, -0.25) is 4.79 Å². The normalized spacial score (nSPS) is 28.5. The summed E-state index contributed by atoms with van der Waals surface area (Å²) < 4.78 is 0. The van der Waals surface area contributed by atoms with E-state index in [1.165, 1.54) is 25.7 Å². The van der Waals surface area contributed by atoms with Crippen LogP contribution in [-0.2, 0) is 4.79 Å². The van der Waals surface area contributed by atoms with Crippen LogP contribution in [0.15, 0.2) is 0 Å². The lowest BCUT2D eigenvalue weighted by atomic mass is 10.2. The number of rotatable bonds is 4. The largest absolute Gasteiger partial charge is 0.341 e. The molecule has 0 bridgehead atoms. The summed E-state index contributed by atoms with van der Waals surface area (Å²) in [6, 6.07) is 1.30. The number of amides is 1. The summed E-state index contributed by atoms with van der Waals surface area (Å²) in [7, 11) is 2.18. The maximum Gasteiger partial charge on any atom is 0.209 e. The minimum Gasteiger partial charge on any atom is -0.341 e. The average Bonchev–Trinajstić information content (AvgIpc) is 2.88. The SMILES string of the molecule is CN(C[C@H]1CCCN1C=O)C1CC1. The van der Waals surface area contributed by atoms with Crippen LogP contribution in [0, 0.1) is 0 Å². The third-order valence-electron chi connectivity index (χ3n) is 3.23. The van der Waals surface area contributed by atoms with Gasteiger partial charge in [0.05, 0.1) is 0 Å². The smallest absolute Gasteiger partial charge is 0.209 e. The molecule has 74 valence electrons. The second kappa shape index (κ2) is 3.66. The van der Waals surface area contributed by atoms with Crippen LogP contribution >= 0.6 is 0 Å². The number of hydrogen-bond donors (Lipinski definition) is 0. The zero-order valence-electron chi connectivity index (χ0n) is 8.28. The molecule has 1 aliphatic carbocycles. The van der Waals surface area contributed by atoms with E-state index in [-0.39, 0.29) is 0 Å². The number of hydrogen-bond acceptors (Lipinski definition) is 2. The van der Waals surface area contributed by atoms with Gasteiger partial charge in [-0.15, -0.1) is 0 Å². The van der Waals surface area contributed by atoms with Crippen molar-refractivity contribution in [2.75, 3.05) is 20.1 Å². The zero-order valence-corrected chi connectivity index (χ0v) is 8.28. The fourth-order valence-electron chi connectivity index (χ4n) is 2.19. The second-order valence-corrected chi connectivity index (χ2v) is 4.31. The first kappa shape index (κ1) is 9.00.